The maximum Gasteiger partial charge on any atom is 0.0241 e. The SMILES string of the molecule is CCCC(NN)C1CC1C. The van der Waals surface area contributed by atoms with E-state index in [0.717, 1.165) is 11.8 Å². The van der Waals surface area contributed by atoms with Crippen molar-refractivity contribution in [2.75, 3.05) is 0 Å². The highest BCUT2D eigenvalue weighted by atomic mass is 15.2. The summed E-state index contributed by atoms with van der Waals surface area (Å²) in [5.74, 6) is 7.19. The van der Waals surface area contributed by atoms with Crippen molar-refractivity contribution in [3.63, 3.8) is 0 Å². The molecule has 0 aliphatic heterocycles. The summed E-state index contributed by atoms with van der Waals surface area (Å²) in [5.41, 5.74) is 2.90. The van der Waals surface area contributed by atoms with Crippen molar-refractivity contribution in [3.8, 4) is 0 Å². The van der Waals surface area contributed by atoms with Gasteiger partial charge in [0, 0.05) is 6.04 Å². The third-order valence-electron chi connectivity index (χ3n) is 2.50. The standard InChI is InChI=1S/C8H18N2/c1-3-4-8(10-9)7-5-6(7)2/h6-8,10H,3-5,9H2,1-2H3. The molecule has 10 heavy (non-hydrogen) atoms. The van der Waals surface area contributed by atoms with Crippen LogP contribution < -0.4 is 11.3 Å². The molecule has 1 aliphatic carbocycles. The van der Waals surface area contributed by atoms with Crippen molar-refractivity contribution >= 4 is 0 Å². The van der Waals surface area contributed by atoms with Gasteiger partial charge in [-0.15, -0.1) is 0 Å². The molecule has 0 aromatic heterocycles. The Morgan fingerprint density at radius 1 is 1.70 bits per heavy atom. The highest BCUT2D eigenvalue weighted by Gasteiger charge is 2.38. The first-order valence-corrected chi connectivity index (χ1v) is 4.25. The molecule has 1 saturated carbocycles. The second kappa shape index (κ2) is 3.35. The van der Waals surface area contributed by atoms with E-state index in [1.807, 2.05) is 0 Å². The quantitative estimate of drug-likeness (QED) is 0.458. The molecule has 0 aromatic rings. The minimum absolute atomic E-state index is 0.583. The third-order valence-corrected chi connectivity index (χ3v) is 2.50. The highest BCUT2D eigenvalue weighted by Crippen LogP contribution is 2.41. The van der Waals surface area contributed by atoms with Gasteiger partial charge in [0.1, 0.15) is 0 Å². The van der Waals surface area contributed by atoms with Crippen LogP contribution in [-0.2, 0) is 0 Å². The molecule has 2 heteroatoms. The van der Waals surface area contributed by atoms with E-state index < -0.39 is 0 Å². The predicted molar refractivity (Wildman–Crippen MR) is 43.3 cm³/mol. The van der Waals surface area contributed by atoms with Crippen LogP contribution in [0.4, 0.5) is 0 Å². The Morgan fingerprint density at radius 2 is 2.30 bits per heavy atom. The predicted octanol–water partition coefficient (Wildman–Crippen LogP) is 1.27. The zero-order chi connectivity index (χ0) is 7.56. The fourth-order valence-corrected chi connectivity index (χ4v) is 1.64. The lowest BCUT2D eigenvalue weighted by Gasteiger charge is -2.13. The van der Waals surface area contributed by atoms with Gasteiger partial charge in [-0.25, -0.2) is 0 Å². The number of hydrogen-bond acceptors (Lipinski definition) is 2. The summed E-state index contributed by atoms with van der Waals surface area (Å²) in [4.78, 5) is 0. The van der Waals surface area contributed by atoms with Crippen molar-refractivity contribution in [1.29, 1.82) is 0 Å². The van der Waals surface area contributed by atoms with E-state index in [1.165, 1.54) is 19.3 Å². The molecule has 0 heterocycles. The van der Waals surface area contributed by atoms with Crippen molar-refractivity contribution in [2.24, 2.45) is 17.7 Å². The summed E-state index contributed by atoms with van der Waals surface area (Å²) in [6.45, 7) is 4.50. The van der Waals surface area contributed by atoms with E-state index in [-0.39, 0.29) is 0 Å². The fraction of sp³-hybridized carbons (Fsp3) is 1.00. The summed E-state index contributed by atoms with van der Waals surface area (Å²) >= 11 is 0. The van der Waals surface area contributed by atoms with Crippen LogP contribution in [0.1, 0.15) is 33.1 Å². The summed E-state index contributed by atoms with van der Waals surface area (Å²) in [7, 11) is 0. The van der Waals surface area contributed by atoms with E-state index in [1.54, 1.807) is 0 Å². The van der Waals surface area contributed by atoms with Gasteiger partial charge in [-0.2, -0.15) is 0 Å². The minimum Gasteiger partial charge on any atom is -0.271 e. The second-order valence-electron chi connectivity index (χ2n) is 3.44. The van der Waals surface area contributed by atoms with E-state index in [4.69, 9.17) is 5.84 Å². The van der Waals surface area contributed by atoms with Crippen LogP contribution >= 0.6 is 0 Å². The lowest BCUT2D eigenvalue weighted by molar-refractivity contribution is 0.426. The Bertz CT molecular complexity index is 103. The molecule has 2 nitrogen and oxygen atoms in total. The maximum atomic E-state index is 5.41. The van der Waals surface area contributed by atoms with Gasteiger partial charge in [0.2, 0.25) is 0 Å². The molecule has 3 N–H and O–H groups in total. The normalized spacial score (nSPS) is 33.9. The minimum atomic E-state index is 0.583. The molecule has 0 bridgehead atoms. The lowest BCUT2D eigenvalue weighted by atomic mass is 10.1. The molecule has 0 aromatic carbocycles. The largest absolute Gasteiger partial charge is 0.271 e. The van der Waals surface area contributed by atoms with Crippen LogP contribution in [0.5, 0.6) is 0 Å². The summed E-state index contributed by atoms with van der Waals surface area (Å²) < 4.78 is 0. The Kier molecular flexibility index (Phi) is 2.69. The maximum absolute atomic E-state index is 5.41. The van der Waals surface area contributed by atoms with Gasteiger partial charge >= 0.3 is 0 Å². The Labute approximate surface area is 63.1 Å². The van der Waals surface area contributed by atoms with E-state index in [9.17, 15) is 0 Å². The lowest BCUT2D eigenvalue weighted by Crippen LogP contribution is -2.37. The Hall–Kier alpha value is -0.0800. The van der Waals surface area contributed by atoms with Crippen molar-refractivity contribution in [2.45, 2.75) is 39.2 Å². The molecule has 0 spiro atoms. The fourth-order valence-electron chi connectivity index (χ4n) is 1.64. The number of nitrogens with one attached hydrogen (secondary N) is 1. The van der Waals surface area contributed by atoms with E-state index >= 15 is 0 Å². The molecule has 3 atom stereocenters. The second-order valence-corrected chi connectivity index (χ2v) is 3.44. The summed E-state index contributed by atoms with van der Waals surface area (Å²) in [5, 5.41) is 0. The van der Waals surface area contributed by atoms with Crippen LogP contribution in [0.2, 0.25) is 0 Å². The molecule has 3 unspecified atom stereocenters. The molecule has 1 rings (SSSR count). The van der Waals surface area contributed by atoms with Crippen LogP contribution in [0.15, 0.2) is 0 Å². The molecule has 0 saturated heterocycles. The average Bonchev–Trinajstić information content (AvgIpc) is 2.62. The zero-order valence-corrected chi connectivity index (χ0v) is 6.93. The van der Waals surface area contributed by atoms with Gasteiger partial charge < -0.3 is 0 Å². The smallest absolute Gasteiger partial charge is 0.0241 e. The van der Waals surface area contributed by atoms with Crippen molar-refractivity contribution in [1.82, 2.24) is 5.43 Å². The van der Waals surface area contributed by atoms with Gasteiger partial charge in [-0.1, -0.05) is 20.3 Å². The molecule has 0 amide bonds. The molecule has 1 aliphatic rings. The van der Waals surface area contributed by atoms with Crippen molar-refractivity contribution in [3.05, 3.63) is 0 Å². The van der Waals surface area contributed by atoms with Gasteiger partial charge in [-0.05, 0) is 24.7 Å². The first-order chi connectivity index (χ1) is 4.79. The van der Waals surface area contributed by atoms with Crippen LogP contribution in [0.25, 0.3) is 0 Å². The zero-order valence-electron chi connectivity index (χ0n) is 6.93. The highest BCUT2D eigenvalue weighted by molar-refractivity contribution is 4.90. The van der Waals surface area contributed by atoms with Gasteiger partial charge in [-0.3, -0.25) is 11.3 Å². The van der Waals surface area contributed by atoms with Crippen LogP contribution in [-0.4, -0.2) is 6.04 Å². The molecular formula is C8H18N2. The van der Waals surface area contributed by atoms with E-state index in [0.29, 0.717) is 6.04 Å². The number of rotatable bonds is 4. The number of hydrazine groups is 1. The van der Waals surface area contributed by atoms with Gasteiger partial charge in [0.25, 0.3) is 0 Å². The molecule has 0 radical (unpaired) electrons. The van der Waals surface area contributed by atoms with Gasteiger partial charge in [0.05, 0.1) is 0 Å². The summed E-state index contributed by atoms with van der Waals surface area (Å²) in [6, 6.07) is 0.583. The number of nitrogens with two attached hydrogens (primary N) is 1. The van der Waals surface area contributed by atoms with E-state index in [2.05, 4.69) is 19.3 Å². The Morgan fingerprint density at radius 3 is 2.60 bits per heavy atom. The van der Waals surface area contributed by atoms with Gasteiger partial charge in [0.15, 0.2) is 0 Å². The first kappa shape index (κ1) is 8.02. The Balaban J connectivity index is 2.20. The molecule has 60 valence electrons. The van der Waals surface area contributed by atoms with Crippen molar-refractivity contribution < 1.29 is 0 Å². The first-order valence-electron chi connectivity index (χ1n) is 4.25. The summed E-state index contributed by atoms with van der Waals surface area (Å²) in [6.07, 6.45) is 3.83. The molecule has 1 fully saturated rings. The topological polar surface area (TPSA) is 38.0 Å². The number of hydrogen-bond donors (Lipinski definition) is 2. The third kappa shape index (κ3) is 1.70. The monoisotopic (exact) mass is 142 g/mol. The van der Waals surface area contributed by atoms with Crippen LogP contribution in [0.3, 0.4) is 0 Å². The molecular weight excluding hydrogens is 124 g/mol. The van der Waals surface area contributed by atoms with Crippen LogP contribution in [0, 0.1) is 11.8 Å². The average molecular weight is 142 g/mol.